The van der Waals surface area contributed by atoms with Gasteiger partial charge < -0.3 is 0 Å². The van der Waals surface area contributed by atoms with Crippen LogP contribution in [-0.2, 0) is 4.79 Å². The summed E-state index contributed by atoms with van der Waals surface area (Å²) in [5.74, 6) is 0.307. The summed E-state index contributed by atoms with van der Waals surface area (Å²) in [4.78, 5) is 16.9. The lowest BCUT2D eigenvalue weighted by molar-refractivity contribution is -0.149. The van der Waals surface area contributed by atoms with E-state index in [9.17, 15) is 4.79 Å². The number of Topliss-reactive ketones (excluding diaryl/α,β-unsaturated/α-hetero) is 1. The van der Waals surface area contributed by atoms with Gasteiger partial charge in [-0.05, 0) is 41.5 Å². The molecule has 18 heavy (non-hydrogen) atoms. The zero-order valence-electron chi connectivity index (χ0n) is 13.0. The second kappa shape index (κ2) is 5.27. The molecule has 0 aliphatic carbocycles. The highest BCUT2D eigenvalue weighted by Gasteiger charge is 2.42. The first-order chi connectivity index (χ1) is 8.09. The summed E-state index contributed by atoms with van der Waals surface area (Å²) in [7, 11) is 0. The van der Waals surface area contributed by atoms with Gasteiger partial charge in [0.2, 0.25) is 0 Å². The highest BCUT2D eigenvalue weighted by Crippen LogP contribution is 2.27. The van der Waals surface area contributed by atoms with Crippen LogP contribution in [0.2, 0.25) is 0 Å². The summed E-state index contributed by atoms with van der Waals surface area (Å²) in [6, 6.07) is 0. The number of hydrogen-bond donors (Lipinski definition) is 1. The fourth-order valence-electron chi connectivity index (χ4n) is 2.37. The summed E-state index contributed by atoms with van der Waals surface area (Å²) in [5.41, 5.74) is -0.0428. The maximum atomic E-state index is 12.4. The molecule has 0 bridgehead atoms. The van der Waals surface area contributed by atoms with Crippen LogP contribution in [0.25, 0.3) is 0 Å². The van der Waals surface area contributed by atoms with Crippen molar-refractivity contribution in [2.45, 2.75) is 72.1 Å². The minimum absolute atomic E-state index is 0.0214. The molecule has 0 unspecified atom stereocenters. The quantitative estimate of drug-likeness (QED) is 0.819. The van der Waals surface area contributed by atoms with Gasteiger partial charge in [-0.1, -0.05) is 6.92 Å². The Kier molecular flexibility index (Phi) is 4.57. The Balaban J connectivity index is 3.09. The zero-order chi connectivity index (χ0) is 14.1. The number of nitrogens with zero attached hydrogens (tertiary/aromatic N) is 2. The maximum absolute atomic E-state index is 12.4. The maximum Gasteiger partial charge on any atom is 0.164 e. The van der Waals surface area contributed by atoms with E-state index in [2.05, 4.69) is 56.7 Å². The molecule has 0 aromatic heterocycles. The summed E-state index contributed by atoms with van der Waals surface area (Å²) in [6.07, 6.45) is 0.473. The molecule has 0 spiro atoms. The molecule has 0 atom stereocenters. The highest BCUT2D eigenvalue weighted by molar-refractivity contribution is 5.83. The van der Waals surface area contributed by atoms with Crippen LogP contribution >= 0.6 is 0 Å². The number of carbonyl (C=O) groups excluding carboxylic acids is 1. The van der Waals surface area contributed by atoms with Gasteiger partial charge in [0.25, 0.3) is 0 Å². The monoisotopic (exact) mass is 255 g/mol. The van der Waals surface area contributed by atoms with E-state index in [4.69, 9.17) is 0 Å². The first-order valence-corrected chi connectivity index (χ1v) is 6.86. The number of ketones is 1. The van der Waals surface area contributed by atoms with Crippen molar-refractivity contribution in [2.24, 2.45) is 0 Å². The van der Waals surface area contributed by atoms with Gasteiger partial charge in [-0.25, -0.2) is 0 Å². The van der Waals surface area contributed by atoms with Crippen molar-refractivity contribution in [2.75, 3.05) is 13.3 Å². The van der Waals surface area contributed by atoms with E-state index in [0.717, 1.165) is 13.3 Å². The number of hydrogen-bond acceptors (Lipinski definition) is 4. The molecule has 1 saturated heterocycles. The molecule has 1 rings (SSSR count). The molecular weight excluding hydrogens is 226 g/mol. The summed E-state index contributed by atoms with van der Waals surface area (Å²) in [6.45, 7) is 16.5. The number of carbonyl (C=O) groups is 1. The predicted molar refractivity (Wildman–Crippen MR) is 75.1 cm³/mol. The van der Waals surface area contributed by atoms with Gasteiger partial charge in [0.05, 0.1) is 13.3 Å². The van der Waals surface area contributed by atoms with Crippen LogP contribution in [0, 0.1) is 0 Å². The molecule has 1 aliphatic rings. The molecule has 0 aromatic carbocycles. The Hall–Kier alpha value is -0.450. The topological polar surface area (TPSA) is 35.6 Å². The third-order valence-electron chi connectivity index (χ3n) is 3.51. The van der Waals surface area contributed by atoms with Crippen LogP contribution in [-0.4, -0.2) is 46.2 Å². The van der Waals surface area contributed by atoms with Crippen molar-refractivity contribution in [3.8, 4) is 0 Å². The Bertz CT molecular complexity index is 279. The first-order valence-electron chi connectivity index (χ1n) is 6.86. The smallest absolute Gasteiger partial charge is 0.164 e. The lowest BCUT2D eigenvalue weighted by Crippen LogP contribution is -2.70. The normalized spacial score (nSPS) is 21.3. The van der Waals surface area contributed by atoms with Crippen molar-refractivity contribution in [3.05, 3.63) is 0 Å². The first kappa shape index (κ1) is 15.6. The SMILES string of the molecule is CCC(=O)C1N(C(C)(C)C)CNCN1C(C)(C)C. The van der Waals surface area contributed by atoms with Crippen LogP contribution in [0.4, 0.5) is 0 Å². The third-order valence-corrected chi connectivity index (χ3v) is 3.51. The minimum Gasteiger partial charge on any atom is -0.296 e. The Morgan fingerprint density at radius 1 is 1.06 bits per heavy atom. The van der Waals surface area contributed by atoms with Gasteiger partial charge in [-0.2, -0.15) is 0 Å². The van der Waals surface area contributed by atoms with E-state index in [1.54, 1.807) is 0 Å². The fourth-order valence-corrected chi connectivity index (χ4v) is 2.37. The largest absolute Gasteiger partial charge is 0.296 e. The average molecular weight is 255 g/mol. The number of nitrogens with one attached hydrogen (secondary N) is 1. The van der Waals surface area contributed by atoms with E-state index in [0.29, 0.717) is 12.2 Å². The average Bonchev–Trinajstić information content (AvgIpc) is 2.24. The molecule has 4 nitrogen and oxygen atoms in total. The Morgan fingerprint density at radius 3 is 1.72 bits per heavy atom. The van der Waals surface area contributed by atoms with E-state index >= 15 is 0 Å². The molecule has 0 radical (unpaired) electrons. The van der Waals surface area contributed by atoms with Gasteiger partial charge in [-0.15, -0.1) is 0 Å². The van der Waals surface area contributed by atoms with Gasteiger partial charge in [0, 0.05) is 17.5 Å². The highest BCUT2D eigenvalue weighted by atomic mass is 16.1. The van der Waals surface area contributed by atoms with Crippen molar-refractivity contribution < 1.29 is 4.79 Å². The molecule has 0 saturated carbocycles. The van der Waals surface area contributed by atoms with E-state index < -0.39 is 0 Å². The van der Waals surface area contributed by atoms with Crippen molar-refractivity contribution in [1.29, 1.82) is 0 Å². The summed E-state index contributed by atoms with van der Waals surface area (Å²) >= 11 is 0. The van der Waals surface area contributed by atoms with Gasteiger partial charge in [0.1, 0.15) is 6.17 Å². The van der Waals surface area contributed by atoms with Gasteiger partial charge in [-0.3, -0.25) is 19.9 Å². The van der Waals surface area contributed by atoms with E-state index in [1.807, 2.05) is 6.92 Å². The molecule has 0 amide bonds. The van der Waals surface area contributed by atoms with Crippen molar-refractivity contribution in [3.63, 3.8) is 0 Å². The molecule has 1 aliphatic heterocycles. The second-order valence-electron chi connectivity index (χ2n) is 7.04. The van der Waals surface area contributed by atoms with Crippen LogP contribution in [0.5, 0.6) is 0 Å². The zero-order valence-corrected chi connectivity index (χ0v) is 13.0. The van der Waals surface area contributed by atoms with Crippen LogP contribution < -0.4 is 5.32 Å². The molecule has 1 heterocycles. The lowest BCUT2D eigenvalue weighted by atomic mass is 9.98. The Morgan fingerprint density at radius 2 is 1.44 bits per heavy atom. The van der Waals surface area contributed by atoms with Crippen LogP contribution in [0.3, 0.4) is 0 Å². The second-order valence-corrected chi connectivity index (χ2v) is 7.04. The van der Waals surface area contributed by atoms with Crippen molar-refractivity contribution >= 4 is 5.78 Å². The lowest BCUT2D eigenvalue weighted by Gasteiger charge is -2.53. The summed E-state index contributed by atoms with van der Waals surface area (Å²) in [5, 5.41) is 3.41. The van der Waals surface area contributed by atoms with E-state index in [-0.39, 0.29) is 17.2 Å². The van der Waals surface area contributed by atoms with Gasteiger partial charge >= 0.3 is 0 Å². The molecule has 1 fully saturated rings. The van der Waals surface area contributed by atoms with Crippen LogP contribution in [0.1, 0.15) is 54.9 Å². The third kappa shape index (κ3) is 3.31. The fraction of sp³-hybridized carbons (Fsp3) is 0.929. The molecule has 106 valence electrons. The van der Waals surface area contributed by atoms with Gasteiger partial charge in [0.15, 0.2) is 5.78 Å². The molecule has 4 heteroatoms. The standard InChI is InChI=1S/C14H29N3O/c1-8-11(18)12-16(13(2,3)4)9-15-10-17(12)14(5,6)7/h12,15H,8-10H2,1-7H3. The Labute approximate surface area is 112 Å². The van der Waals surface area contributed by atoms with Crippen LogP contribution in [0.15, 0.2) is 0 Å². The van der Waals surface area contributed by atoms with Crippen molar-refractivity contribution in [1.82, 2.24) is 15.1 Å². The molecule has 1 N–H and O–H groups in total. The molecular formula is C14H29N3O. The predicted octanol–water partition coefficient (Wildman–Crippen LogP) is 2.01. The number of rotatable bonds is 2. The van der Waals surface area contributed by atoms with E-state index in [1.165, 1.54) is 0 Å². The molecule has 0 aromatic rings. The summed E-state index contributed by atoms with van der Waals surface area (Å²) < 4.78 is 0. The minimum atomic E-state index is -0.115.